The zero-order valence-electron chi connectivity index (χ0n) is 8.61. The van der Waals surface area contributed by atoms with Crippen molar-refractivity contribution in [3.8, 4) is 11.5 Å². The first-order valence-electron chi connectivity index (χ1n) is 5.50. The van der Waals surface area contributed by atoms with Crippen molar-refractivity contribution in [2.75, 3.05) is 13.1 Å². The van der Waals surface area contributed by atoms with Gasteiger partial charge in [-0.25, -0.2) is 4.90 Å². The Labute approximate surface area is 89.6 Å². The minimum Gasteiger partial charge on any atom is -0.428 e. The van der Waals surface area contributed by atoms with E-state index in [1.807, 2.05) is 24.3 Å². The minimum atomic E-state index is 0.663. The van der Waals surface area contributed by atoms with Crippen molar-refractivity contribution in [3.05, 3.63) is 30.7 Å². The summed E-state index contributed by atoms with van der Waals surface area (Å²) in [6, 6.07) is 7.79. The molecule has 15 heavy (non-hydrogen) atoms. The second-order valence-electron chi connectivity index (χ2n) is 3.96. The van der Waals surface area contributed by atoms with Crippen LogP contribution >= 0.6 is 0 Å². The number of rotatable bonds is 1. The molecule has 0 saturated carbocycles. The molecule has 0 unspecified atom stereocenters. The van der Waals surface area contributed by atoms with Gasteiger partial charge in [-0.05, 0) is 25.0 Å². The average Bonchev–Trinajstić information content (AvgIpc) is 2.74. The number of benzene rings is 1. The van der Waals surface area contributed by atoms with E-state index in [1.54, 1.807) is 0 Å². The highest BCUT2D eigenvalue weighted by Gasteiger charge is 2.33. The zero-order valence-corrected chi connectivity index (χ0v) is 8.61. The van der Waals surface area contributed by atoms with Crippen molar-refractivity contribution in [2.45, 2.75) is 19.3 Å². The molecule has 0 aliphatic carbocycles. The van der Waals surface area contributed by atoms with E-state index in [1.165, 1.54) is 19.3 Å². The summed E-state index contributed by atoms with van der Waals surface area (Å²) in [6.45, 7) is 2.09. The highest BCUT2D eigenvalue weighted by molar-refractivity contribution is 5.43. The number of ether oxygens (including phenoxy) is 2. The Morgan fingerprint density at radius 3 is 2.07 bits per heavy atom. The maximum absolute atomic E-state index is 5.67. The van der Waals surface area contributed by atoms with Crippen LogP contribution in [0.4, 0.5) is 0 Å². The fourth-order valence-electron chi connectivity index (χ4n) is 2.03. The molecule has 2 heterocycles. The summed E-state index contributed by atoms with van der Waals surface area (Å²) < 4.78 is 11.3. The van der Waals surface area contributed by atoms with E-state index in [-0.39, 0.29) is 0 Å². The first kappa shape index (κ1) is 9.04. The third kappa shape index (κ3) is 1.67. The van der Waals surface area contributed by atoms with Gasteiger partial charge in [-0.2, -0.15) is 0 Å². The first-order valence-corrected chi connectivity index (χ1v) is 5.50. The van der Waals surface area contributed by atoms with E-state index in [2.05, 4.69) is 4.90 Å². The molecule has 79 valence electrons. The van der Waals surface area contributed by atoms with Crippen molar-refractivity contribution < 1.29 is 9.47 Å². The Kier molecular flexibility index (Phi) is 2.25. The molecular formula is C12H14NO2. The second kappa shape index (κ2) is 3.74. The molecule has 0 atom stereocenters. The SMILES string of the molecule is c1ccc2c(c1)O[C](N1CCCCC1)O2. The summed E-state index contributed by atoms with van der Waals surface area (Å²) in [4.78, 5) is 2.18. The van der Waals surface area contributed by atoms with Crippen LogP contribution in [-0.4, -0.2) is 18.0 Å². The monoisotopic (exact) mass is 204 g/mol. The summed E-state index contributed by atoms with van der Waals surface area (Å²) in [7, 11) is 0. The van der Waals surface area contributed by atoms with Gasteiger partial charge in [0.15, 0.2) is 11.5 Å². The van der Waals surface area contributed by atoms with Crippen molar-refractivity contribution >= 4 is 0 Å². The zero-order chi connectivity index (χ0) is 10.1. The first-order chi connectivity index (χ1) is 7.43. The molecular weight excluding hydrogens is 190 g/mol. The van der Waals surface area contributed by atoms with Crippen LogP contribution in [0.2, 0.25) is 0 Å². The lowest BCUT2D eigenvalue weighted by molar-refractivity contribution is 0.0131. The molecule has 1 radical (unpaired) electrons. The summed E-state index contributed by atoms with van der Waals surface area (Å²) >= 11 is 0. The predicted molar refractivity (Wildman–Crippen MR) is 56.4 cm³/mol. The number of para-hydroxylation sites is 2. The molecule has 1 fully saturated rings. The Hall–Kier alpha value is -1.22. The topological polar surface area (TPSA) is 21.7 Å². The molecule has 2 aliphatic rings. The highest BCUT2D eigenvalue weighted by atomic mass is 16.7. The molecule has 0 bridgehead atoms. The van der Waals surface area contributed by atoms with Crippen LogP contribution in [0.25, 0.3) is 0 Å². The number of nitrogens with zero attached hydrogens (tertiary/aromatic N) is 1. The third-order valence-corrected chi connectivity index (χ3v) is 2.86. The van der Waals surface area contributed by atoms with Gasteiger partial charge in [0.1, 0.15) is 0 Å². The van der Waals surface area contributed by atoms with E-state index in [9.17, 15) is 0 Å². The van der Waals surface area contributed by atoms with Crippen LogP contribution in [-0.2, 0) is 0 Å². The molecule has 0 amide bonds. The lowest BCUT2D eigenvalue weighted by atomic mass is 10.1. The van der Waals surface area contributed by atoms with E-state index >= 15 is 0 Å². The van der Waals surface area contributed by atoms with E-state index < -0.39 is 0 Å². The smallest absolute Gasteiger partial charge is 0.415 e. The van der Waals surface area contributed by atoms with Crippen molar-refractivity contribution in [3.63, 3.8) is 0 Å². The largest absolute Gasteiger partial charge is 0.428 e. The van der Waals surface area contributed by atoms with Gasteiger partial charge in [0.25, 0.3) is 0 Å². The number of fused-ring (bicyclic) bond motifs is 1. The number of likely N-dealkylation sites (tertiary alicyclic amines) is 1. The van der Waals surface area contributed by atoms with E-state index in [0.29, 0.717) is 6.41 Å². The molecule has 1 aromatic carbocycles. The highest BCUT2D eigenvalue weighted by Crippen LogP contribution is 2.38. The van der Waals surface area contributed by atoms with Crippen LogP contribution in [0.3, 0.4) is 0 Å². The molecule has 0 aromatic heterocycles. The fraction of sp³-hybridized carbons (Fsp3) is 0.417. The quantitative estimate of drug-likeness (QED) is 0.701. The normalized spacial score (nSPS) is 21.9. The van der Waals surface area contributed by atoms with Gasteiger partial charge in [0, 0.05) is 13.1 Å². The van der Waals surface area contributed by atoms with Crippen molar-refractivity contribution in [1.82, 2.24) is 4.90 Å². The fourth-order valence-corrected chi connectivity index (χ4v) is 2.03. The summed E-state index contributed by atoms with van der Waals surface area (Å²) in [5.41, 5.74) is 0. The minimum absolute atomic E-state index is 0.663. The van der Waals surface area contributed by atoms with Crippen LogP contribution in [0.15, 0.2) is 24.3 Å². The molecule has 1 saturated heterocycles. The van der Waals surface area contributed by atoms with Crippen LogP contribution < -0.4 is 9.47 Å². The Bertz CT molecular complexity index is 322. The standard InChI is InChI=1S/C12H14NO2/c1-4-8-13(9-5-1)12-14-10-6-2-3-7-11(10)15-12/h2-3,6-7H,1,4-5,8-9H2. The third-order valence-electron chi connectivity index (χ3n) is 2.86. The molecule has 1 aromatic rings. The van der Waals surface area contributed by atoms with E-state index in [4.69, 9.17) is 9.47 Å². The Morgan fingerprint density at radius 1 is 0.867 bits per heavy atom. The number of piperidine rings is 1. The van der Waals surface area contributed by atoms with Crippen LogP contribution in [0, 0.1) is 6.41 Å². The molecule has 0 spiro atoms. The van der Waals surface area contributed by atoms with Gasteiger partial charge < -0.3 is 9.47 Å². The Balaban J connectivity index is 1.72. The predicted octanol–water partition coefficient (Wildman–Crippen LogP) is 2.39. The molecule has 2 aliphatic heterocycles. The van der Waals surface area contributed by atoms with Gasteiger partial charge in [-0.1, -0.05) is 18.6 Å². The maximum Gasteiger partial charge on any atom is 0.415 e. The van der Waals surface area contributed by atoms with E-state index in [0.717, 1.165) is 24.6 Å². The summed E-state index contributed by atoms with van der Waals surface area (Å²) in [5.74, 6) is 1.66. The van der Waals surface area contributed by atoms with Gasteiger partial charge >= 0.3 is 6.41 Å². The van der Waals surface area contributed by atoms with Gasteiger partial charge in [-0.3, -0.25) is 0 Å². The number of hydrogen-bond donors (Lipinski definition) is 0. The lowest BCUT2D eigenvalue weighted by Gasteiger charge is -2.27. The Morgan fingerprint density at radius 2 is 1.47 bits per heavy atom. The van der Waals surface area contributed by atoms with Gasteiger partial charge in [0.05, 0.1) is 0 Å². The number of hydrogen-bond acceptors (Lipinski definition) is 3. The lowest BCUT2D eigenvalue weighted by Crippen LogP contribution is -2.37. The van der Waals surface area contributed by atoms with Crippen LogP contribution in [0.5, 0.6) is 11.5 Å². The maximum atomic E-state index is 5.67. The molecule has 3 nitrogen and oxygen atoms in total. The molecule has 3 rings (SSSR count). The van der Waals surface area contributed by atoms with Crippen LogP contribution in [0.1, 0.15) is 19.3 Å². The van der Waals surface area contributed by atoms with Gasteiger partial charge in [-0.15, -0.1) is 0 Å². The average molecular weight is 204 g/mol. The van der Waals surface area contributed by atoms with Crippen molar-refractivity contribution in [2.24, 2.45) is 0 Å². The second-order valence-corrected chi connectivity index (χ2v) is 3.96. The molecule has 0 N–H and O–H groups in total. The van der Waals surface area contributed by atoms with Gasteiger partial charge in [0.2, 0.25) is 0 Å². The summed E-state index contributed by atoms with van der Waals surface area (Å²) in [6.07, 6.45) is 4.44. The van der Waals surface area contributed by atoms with Crippen molar-refractivity contribution in [1.29, 1.82) is 0 Å². The molecule has 3 heteroatoms. The summed E-state index contributed by atoms with van der Waals surface area (Å²) in [5, 5.41) is 0.